The second-order valence-electron chi connectivity index (χ2n) is 6.69. The van der Waals surface area contributed by atoms with Crippen LogP contribution >= 0.6 is 0 Å². The average molecular weight is 342 g/mol. The average Bonchev–Trinajstić information content (AvgIpc) is 3.05. The third kappa shape index (κ3) is 4.68. The van der Waals surface area contributed by atoms with E-state index in [1.165, 1.54) is 0 Å². The van der Waals surface area contributed by atoms with E-state index >= 15 is 0 Å². The lowest BCUT2D eigenvalue weighted by molar-refractivity contribution is -0.126. The number of nitrogens with one attached hydrogen (secondary N) is 3. The molecule has 0 aliphatic carbocycles. The molecule has 0 fully saturated rings. The van der Waals surface area contributed by atoms with E-state index in [1.54, 1.807) is 6.92 Å². The molecule has 0 unspecified atom stereocenters. The summed E-state index contributed by atoms with van der Waals surface area (Å²) in [5.74, 6) is 0.0266. The maximum absolute atomic E-state index is 12.2. The molecule has 25 heavy (non-hydrogen) atoms. The van der Waals surface area contributed by atoms with E-state index in [2.05, 4.69) is 46.8 Å². The highest BCUT2D eigenvalue weighted by Gasteiger charge is 2.26. The molecule has 0 saturated carbocycles. The Hall–Kier alpha value is -2.63. The zero-order valence-electron chi connectivity index (χ0n) is 15.2. The number of carbonyl (C=O) groups is 2. The summed E-state index contributed by atoms with van der Waals surface area (Å²) in [4.78, 5) is 23.8. The number of aromatic amines is 1. The minimum absolute atomic E-state index is 0.127. The number of carbonyl (C=O) groups excluding carboxylic acids is 2. The molecule has 2 aromatic rings. The molecule has 1 aromatic heterocycles. The van der Waals surface area contributed by atoms with Gasteiger partial charge in [-0.05, 0) is 18.9 Å². The van der Waals surface area contributed by atoms with Crippen LogP contribution in [0.4, 0.5) is 5.82 Å². The molecule has 1 aromatic carbocycles. The monoisotopic (exact) mass is 342 g/mol. The molecule has 0 saturated heterocycles. The van der Waals surface area contributed by atoms with Crippen LogP contribution in [0.25, 0.3) is 0 Å². The maximum Gasteiger partial charge on any atom is 0.247 e. The molecule has 0 aliphatic heterocycles. The van der Waals surface area contributed by atoms with Crippen molar-refractivity contribution in [2.24, 2.45) is 0 Å². The van der Waals surface area contributed by atoms with Crippen molar-refractivity contribution in [3.05, 3.63) is 47.7 Å². The number of anilines is 1. The van der Waals surface area contributed by atoms with Gasteiger partial charge in [0.25, 0.3) is 0 Å². The molecule has 134 valence electrons. The molecule has 1 atom stereocenters. The molecule has 0 bridgehead atoms. The van der Waals surface area contributed by atoms with E-state index in [4.69, 9.17) is 0 Å². The van der Waals surface area contributed by atoms with Crippen LogP contribution in [-0.4, -0.2) is 28.1 Å². The minimum atomic E-state index is -0.610. The lowest BCUT2D eigenvalue weighted by Crippen LogP contribution is -2.41. The maximum atomic E-state index is 12.2. The van der Waals surface area contributed by atoms with E-state index in [9.17, 15) is 9.59 Å². The lowest BCUT2D eigenvalue weighted by atomic mass is 9.82. The number of H-pyrrole nitrogens is 1. The van der Waals surface area contributed by atoms with Gasteiger partial charge in [-0.15, -0.1) is 0 Å². The van der Waals surface area contributed by atoms with Crippen molar-refractivity contribution in [3.63, 3.8) is 0 Å². The third-order valence-electron chi connectivity index (χ3n) is 4.25. The van der Waals surface area contributed by atoms with E-state index in [-0.39, 0.29) is 17.2 Å². The predicted octanol–water partition coefficient (Wildman–Crippen LogP) is 2.98. The Bertz CT molecular complexity index is 722. The molecule has 6 nitrogen and oxygen atoms in total. The Morgan fingerprint density at radius 1 is 1.24 bits per heavy atom. The fourth-order valence-corrected chi connectivity index (χ4v) is 2.56. The number of aromatic nitrogens is 2. The van der Waals surface area contributed by atoms with Crippen LogP contribution < -0.4 is 10.6 Å². The number of amides is 2. The van der Waals surface area contributed by atoms with Gasteiger partial charge in [-0.25, -0.2) is 0 Å². The van der Waals surface area contributed by atoms with Crippen molar-refractivity contribution in [1.82, 2.24) is 15.5 Å². The summed E-state index contributed by atoms with van der Waals surface area (Å²) in [5.41, 5.74) is 1.78. The van der Waals surface area contributed by atoms with Crippen molar-refractivity contribution in [1.29, 1.82) is 0 Å². The van der Waals surface area contributed by atoms with Gasteiger partial charge in [0.2, 0.25) is 11.8 Å². The molecular weight excluding hydrogens is 316 g/mol. The van der Waals surface area contributed by atoms with Gasteiger partial charge in [-0.2, -0.15) is 5.10 Å². The van der Waals surface area contributed by atoms with Crippen LogP contribution in [0.2, 0.25) is 0 Å². The molecule has 0 spiro atoms. The predicted molar refractivity (Wildman–Crippen MR) is 98.3 cm³/mol. The lowest BCUT2D eigenvalue weighted by Gasteiger charge is -2.23. The summed E-state index contributed by atoms with van der Waals surface area (Å²) < 4.78 is 0. The van der Waals surface area contributed by atoms with Crippen LogP contribution in [0.5, 0.6) is 0 Å². The van der Waals surface area contributed by atoms with Crippen LogP contribution in [0, 0.1) is 0 Å². The van der Waals surface area contributed by atoms with E-state index in [0.717, 1.165) is 17.7 Å². The standard InChI is InChI=1S/C19H26N4O2/c1-5-9-17(24)20-13(2)18(25)21-16-12-15(22-23-16)19(3,4)14-10-7-6-8-11-14/h6-8,10-13H,5,9H2,1-4H3,(H,20,24)(H2,21,22,23,25)/t13-/m0/s1. The number of hydrogen-bond donors (Lipinski definition) is 3. The second kappa shape index (κ2) is 7.96. The van der Waals surface area contributed by atoms with Crippen molar-refractivity contribution in [2.45, 2.75) is 52.0 Å². The summed E-state index contributed by atoms with van der Waals surface area (Å²) in [5, 5.41) is 12.6. The Morgan fingerprint density at radius 3 is 2.56 bits per heavy atom. The molecule has 3 N–H and O–H groups in total. The molecule has 6 heteroatoms. The molecule has 2 rings (SSSR count). The van der Waals surface area contributed by atoms with Gasteiger partial charge < -0.3 is 10.6 Å². The molecule has 2 amide bonds. The summed E-state index contributed by atoms with van der Waals surface area (Å²) >= 11 is 0. The largest absolute Gasteiger partial charge is 0.345 e. The first-order chi connectivity index (χ1) is 11.8. The topological polar surface area (TPSA) is 86.9 Å². The van der Waals surface area contributed by atoms with Gasteiger partial charge >= 0.3 is 0 Å². The van der Waals surface area contributed by atoms with Gasteiger partial charge in [0.1, 0.15) is 6.04 Å². The van der Waals surface area contributed by atoms with E-state index in [0.29, 0.717) is 12.2 Å². The van der Waals surface area contributed by atoms with Gasteiger partial charge in [0, 0.05) is 23.6 Å². The van der Waals surface area contributed by atoms with Crippen molar-refractivity contribution >= 4 is 17.6 Å². The molecule has 0 aliphatic rings. The van der Waals surface area contributed by atoms with Gasteiger partial charge in [0.15, 0.2) is 5.82 Å². The Kier molecular flexibility index (Phi) is 5.96. The molecule has 1 heterocycles. The fourth-order valence-electron chi connectivity index (χ4n) is 2.56. The highest BCUT2D eigenvalue weighted by Crippen LogP contribution is 2.30. The first-order valence-electron chi connectivity index (χ1n) is 8.56. The van der Waals surface area contributed by atoms with E-state index in [1.807, 2.05) is 31.2 Å². The number of rotatable bonds is 7. The summed E-state index contributed by atoms with van der Waals surface area (Å²) in [6, 6.07) is 11.3. The van der Waals surface area contributed by atoms with E-state index < -0.39 is 6.04 Å². The van der Waals surface area contributed by atoms with Crippen molar-refractivity contribution in [2.75, 3.05) is 5.32 Å². The SMILES string of the molecule is CCCC(=O)N[C@@H](C)C(=O)Nc1cc(C(C)(C)c2ccccc2)[nH]n1. The fraction of sp³-hybridized carbons (Fsp3) is 0.421. The van der Waals surface area contributed by atoms with Crippen LogP contribution in [0.15, 0.2) is 36.4 Å². The minimum Gasteiger partial charge on any atom is -0.345 e. The smallest absolute Gasteiger partial charge is 0.247 e. The highest BCUT2D eigenvalue weighted by molar-refractivity contribution is 5.96. The van der Waals surface area contributed by atoms with Gasteiger partial charge in [-0.1, -0.05) is 51.1 Å². The van der Waals surface area contributed by atoms with Crippen LogP contribution in [0.1, 0.15) is 51.8 Å². The summed E-state index contributed by atoms with van der Waals surface area (Å²) in [6.45, 7) is 7.76. The number of nitrogens with zero attached hydrogens (tertiary/aromatic N) is 1. The van der Waals surface area contributed by atoms with Crippen LogP contribution in [-0.2, 0) is 15.0 Å². The van der Waals surface area contributed by atoms with Crippen molar-refractivity contribution in [3.8, 4) is 0 Å². The second-order valence-corrected chi connectivity index (χ2v) is 6.69. The number of benzene rings is 1. The van der Waals surface area contributed by atoms with Gasteiger partial charge in [0.05, 0.1) is 0 Å². The first-order valence-corrected chi connectivity index (χ1v) is 8.56. The van der Waals surface area contributed by atoms with Crippen LogP contribution in [0.3, 0.4) is 0 Å². The zero-order chi connectivity index (χ0) is 18.4. The Balaban J connectivity index is 2.04. The zero-order valence-corrected chi connectivity index (χ0v) is 15.2. The first kappa shape index (κ1) is 18.7. The van der Waals surface area contributed by atoms with Gasteiger partial charge in [-0.3, -0.25) is 14.7 Å². The quantitative estimate of drug-likeness (QED) is 0.723. The molecular formula is C19H26N4O2. The molecule has 0 radical (unpaired) electrons. The Labute approximate surface area is 148 Å². The summed E-state index contributed by atoms with van der Waals surface area (Å²) in [6.07, 6.45) is 1.16. The Morgan fingerprint density at radius 2 is 1.92 bits per heavy atom. The number of hydrogen-bond acceptors (Lipinski definition) is 3. The summed E-state index contributed by atoms with van der Waals surface area (Å²) in [7, 11) is 0. The normalized spacial score (nSPS) is 12.5. The highest BCUT2D eigenvalue weighted by atomic mass is 16.2. The third-order valence-corrected chi connectivity index (χ3v) is 4.25. The van der Waals surface area contributed by atoms with Crippen molar-refractivity contribution < 1.29 is 9.59 Å².